The summed E-state index contributed by atoms with van der Waals surface area (Å²) in [5.74, 6) is -2.09. The van der Waals surface area contributed by atoms with E-state index in [-0.39, 0.29) is 11.3 Å². The lowest BCUT2D eigenvalue weighted by atomic mass is 10.1. The number of urea groups is 1. The molecule has 0 radical (unpaired) electrons. The van der Waals surface area contributed by atoms with Crippen LogP contribution in [-0.4, -0.2) is 48.2 Å². The lowest BCUT2D eigenvalue weighted by Gasteiger charge is -2.21. The molecule has 3 N–H and O–H groups in total. The van der Waals surface area contributed by atoms with Crippen molar-refractivity contribution < 1.29 is 19.1 Å². The van der Waals surface area contributed by atoms with E-state index in [0.29, 0.717) is 19.1 Å². The van der Waals surface area contributed by atoms with Crippen LogP contribution in [0.25, 0.3) is 0 Å². The number of likely N-dealkylation sites (N-methyl/N-ethyl adjacent to an activating group) is 1. The zero-order valence-electron chi connectivity index (χ0n) is 12.3. The van der Waals surface area contributed by atoms with Gasteiger partial charge < -0.3 is 20.6 Å². The molecule has 21 heavy (non-hydrogen) atoms. The first-order valence-electron chi connectivity index (χ1n) is 6.59. The third-order valence-electron chi connectivity index (χ3n) is 3.11. The maximum absolute atomic E-state index is 13.6. The van der Waals surface area contributed by atoms with Crippen molar-refractivity contribution in [3.8, 4) is 0 Å². The highest BCUT2D eigenvalue weighted by Crippen LogP contribution is 2.19. The van der Waals surface area contributed by atoms with Gasteiger partial charge in [-0.05, 0) is 33.0 Å². The molecule has 0 aliphatic carbocycles. The van der Waals surface area contributed by atoms with Gasteiger partial charge >= 0.3 is 12.0 Å². The Morgan fingerprint density at radius 1 is 1.38 bits per heavy atom. The average molecular weight is 297 g/mol. The summed E-state index contributed by atoms with van der Waals surface area (Å²) in [5, 5.41) is 13.8. The van der Waals surface area contributed by atoms with E-state index in [9.17, 15) is 14.0 Å². The van der Waals surface area contributed by atoms with Crippen molar-refractivity contribution in [2.75, 3.05) is 25.5 Å². The smallest absolute Gasteiger partial charge is 0.337 e. The molecule has 0 heterocycles. The summed E-state index contributed by atoms with van der Waals surface area (Å²) in [6.07, 6.45) is 0. The van der Waals surface area contributed by atoms with Crippen LogP contribution in [0.3, 0.4) is 0 Å². The second-order valence-corrected chi connectivity index (χ2v) is 4.92. The third kappa shape index (κ3) is 5.03. The topological polar surface area (TPSA) is 81.7 Å². The van der Waals surface area contributed by atoms with Gasteiger partial charge in [-0.15, -0.1) is 0 Å². The van der Waals surface area contributed by atoms with E-state index in [1.165, 1.54) is 12.1 Å². The molecule has 7 heteroatoms. The van der Waals surface area contributed by atoms with Gasteiger partial charge in [0.1, 0.15) is 5.82 Å². The van der Waals surface area contributed by atoms with Gasteiger partial charge in [-0.1, -0.05) is 6.07 Å². The third-order valence-corrected chi connectivity index (χ3v) is 3.11. The number of carboxylic acid groups (broad SMARTS) is 1. The van der Waals surface area contributed by atoms with Gasteiger partial charge in [0.2, 0.25) is 0 Å². The second kappa shape index (κ2) is 7.58. The zero-order chi connectivity index (χ0) is 16.0. The molecule has 1 aromatic carbocycles. The lowest BCUT2D eigenvalue weighted by molar-refractivity contribution is 0.0697. The van der Waals surface area contributed by atoms with Crippen molar-refractivity contribution in [2.45, 2.75) is 19.9 Å². The van der Waals surface area contributed by atoms with Crippen molar-refractivity contribution in [1.82, 2.24) is 10.2 Å². The van der Waals surface area contributed by atoms with Crippen LogP contribution in [0, 0.1) is 5.82 Å². The number of rotatable bonds is 6. The maximum atomic E-state index is 13.6. The Morgan fingerprint density at radius 3 is 2.62 bits per heavy atom. The number of amides is 2. The fourth-order valence-electron chi connectivity index (χ4n) is 1.59. The number of benzene rings is 1. The van der Waals surface area contributed by atoms with Crippen LogP contribution in [-0.2, 0) is 0 Å². The van der Waals surface area contributed by atoms with Gasteiger partial charge in [0, 0.05) is 19.1 Å². The molecule has 0 fully saturated rings. The van der Waals surface area contributed by atoms with E-state index < -0.39 is 17.8 Å². The van der Waals surface area contributed by atoms with E-state index in [1.54, 1.807) is 0 Å². The molecule has 0 saturated heterocycles. The van der Waals surface area contributed by atoms with Gasteiger partial charge in [-0.3, -0.25) is 0 Å². The summed E-state index contributed by atoms with van der Waals surface area (Å²) in [5.41, 5.74) is -0.621. The van der Waals surface area contributed by atoms with Crippen LogP contribution in [0.2, 0.25) is 0 Å². The summed E-state index contributed by atoms with van der Waals surface area (Å²) < 4.78 is 13.6. The van der Waals surface area contributed by atoms with Gasteiger partial charge in [0.25, 0.3) is 0 Å². The number of nitrogens with zero attached hydrogens (tertiary/aromatic N) is 1. The summed E-state index contributed by atoms with van der Waals surface area (Å²) in [6, 6.07) is 3.31. The minimum atomic E-state index is -1.30. The van der Waals surface area contributed by atoms with E-state index in [1.807, 2.05) is 25.8 Å². The molecule has 0 atom stereocenters. The van der Waals surface area contributed by atoms with Gasteiger partial charge in [0.05, 0.1) is 11.3 Å². The number of hydrogen-bond acceptors (Lipinski definition) is 3. The van der Waals surface area contributed by atoms with Crippen molar-refractivity contribution >= 4 is 17.7 Å². The molecular formula is C14H20FN3O3. The molecular weight excluding hydrogens is 277 g/mol. The molecule has 6 nitrogen and oxygen atoms in total. The Morgan fingerprint density at radius 2 is 2.05 bits per heavy atom. The largest absolute Gasteiger partial charge is 0.478 e. The van der Waals surface area contributed by atoms with Crippen LogP contribution >= 0.6 is 0 Å². The number of carboxylic acids is 1. The lowest BCUT2D eigenvalue weighted by Crippen LogP contribution is -2.38. The number of aromatic carboxylic acids is 1. The molecule has 1 rings (SSSR count). The van der Waals surface area contributed by atoms with E-state index in [4.69, 9.17) is 5.11 Å². The molecule has 0 aliphatic heterocycles. The fraction of sp³-hybridized carbons (Fsp3) is 0.429. The normalized spacial score (nSPS) is 10.8. The summed E-state index contributed by atoms with van der Waals surface area (Å²) in [7, 11) is 1.92. The number of halogens is 1. The standard InChI is InChI=1S/C14H20FN3O3/c1-9(2)18(3)8-7-16-14(21)17-12-10(13(19)20)5-4-6-11(12)15/h4-6,9H,7-8H2,1-3H3,(H,19,20)(H2,16,17,21). The van der Waals surface area contributed by atoms with Crippen molar-refractivity contribution in [2.24, 2.45) is 0 Å². The van der Waals surface area contributed by atoms with Crippen LogP contribution in [0.1, 0.15) is 24.2 Å². The summed E-state index contributed by atoms with van der Waals surface area (Å²) in [4.78, 5) is 24.7. The molecule has 0 unspecified atom stereocenters. The molecule has 0 aliphatic rings. The first kappa shape index (κ1) is 16.9. The highest BCUT2D eigenvalue weighted by Gasteiger charge is 2.16. The average Bonchev–Trinajstić information content (AvgIpc) is 2.40. The van der Waals surface area contributed by atoms with Gasteiger partial charge in [-0.25, -0.2) is 14.0 Å². The van der Waals surface area contributed by atoms with Crippen LogP contribution < -0.4 is 10.6 Å². The molecule has 0 aromatic heterocycles. The molecule has 0 spiro atoms. The Bertz CT molecular complexity index is 520. The molecule has 2 amide bonds. The Kier molecular flexibility index (Phi) is 6.10. The predicted molar refractivity (Wildman–Crippen MR) is 78.1 cm³/mol. The maximum Gasteiger partial charge on any atom is 0.337 e. The predicted octanol–water partition coefficient (Wildman–Crippen LogP) is 1.99. The number of anilines is 1. The molecule has 1 aromatic rings. The number of hydrogen-bond donors (Lipinski definition) is 3. The highest BCUT2D eigenvalue weighted by atomic mass is 19.1. The van der Waals surface area contributed by atoms with E-state index >= 15 is 0 Å². The van der Waals surface area contributed by atoms with Crippen molar-refractivity contribution in [3.63, 3.8) is 0 Å². The number of carbonyl (C=O) groups is 2. The van der Waals surface area contributed by atoms with E-state index in [2.05, 4.69) is 10.6 Å². The summed E-state index contributed by atoms with van der Waals surface area (Å²) >= 11 is 0. The fourth-order valence-corrected chi connectivity index (χ4v) is 1.59. The van der Waals surface area contributed by atoms with Crippen molar-refractivity contribution in [3.05, 3.63) is 29.6 Å². The Hall–Kier alpha value is -2.15. The quantitative estimate of drug-likeness (QED) is 0.750. The first-order chi connectivity index (χ1) is 9.82. The van der Waals surface area contributed by atoms with E-state index in [0.717, 1.165) is 6.07 Å². The first-order valence-corrected chi connectivity index (χ1v) is 6.59. The van der Waals surface area contributed by atoms with Crippen LogP contribution in [0.15, 0.2) is 18.2 Å². The summed E-state index contributed by atoms with van der Waals surface area (Å²) in [6.45, 7) is 5.06. The molecule has 0 bridgehead atoms. The van der Waals surface area contributed by atoms with Gasteiger partial charge in [-0.2, -0.15) is 0 Å². The zero-order valence-corrected chi connectivity index (χ0v) is 12.3. The highest BCUT2D eigenvalue weighted by molar-refractivity contribution is 6.00. The monoisotopic (exact) mass is 297 g/mol. The van der Waals surface area contributed by atoms with Crippen molar-refractivity contribution in [1.29, 1.82) is 0 Å². The Balaban J connectivity index is 2.61. The number of carbonyl (C=O) groups excluding carboxylic acids is 1. The van der Waals surface area contributed by atoms with Gasteiger partial charge in [0.15, 0.2) is 0 Å². The minimum Gasteiger partial charge on any atom is -0.478 e. The Labute approximate surface area is 122 Å². The molecule has 116 valence electrons. The van der Waals surface area contributed by atoms with Crippen LogP contribution in [0.5, 0.6) is 0 Å². The molecule has 0 saturated carbocycles. The SMILES string of the molecule is CC(C)N(C)CCNC(=O)Nc1c(F)cccc1C(=O)O. The number of nitrogens with one attached hydrogen (secondary N) is 2. The second-order valence-electron chi connectivity index (χ2n) is 4.92. The minimum absolute atomic E-state index is 0.288. The van der Waals surface area contributed by atoms with Crippen LogP contribution in [0.4, 0.5) is 14.9 Å². The number of para-hydroxylation sites is 1.